The standard InChI is InChI=1S/C55H34N6S/c1-4-16-35(17-5-1)36-28-30-37(31-29-36)49-51-50(43-24-12-15-27-48(43)62-51)57-54(56-49)40-32-33-47(61-45-25-13-10-22-41(45)42-23-11-14-26-46(42)61)44(34-40)55-59-52(38-18-6-2-7-19-38)58-53(60-55)39-20-8-3-9-21-39/h1-34H. The van der Waals surface area contributed by atoms with Crippen molar-refractivity contribution < 1.29 is 0 Å². The van der Waals surface area contributed by atoms with Crippen LogP contribution in [-0.4, -0.2) is 29.5 Å². The molecule has 62 heavy (non-hydrogen) atoms. The molecule has 0 N–H and O–H groups in total. The lowest BCUT2D eigenvalue weighted by atomic mass is 10.0. The van der Waals surface area contributed by atoms with Crippen LogP contribution in [0.25, 0.3) is 116 Å². The first-order valence-corrected chi connectivity index (χ1v) is 21.4. The SMILES string of the molecule is c1ccc(-c2ccc(-c3nc(-c4ccc(-n5c6ccccc6c6ccccc65)c(-c5nc(-c6ccccc6)nc(-c6ccccc6)n5)c4)nc4c3sc3ccccc34)cc2)cc1. The minimum atomic E-state index is 0.551. The van der Waals surface area contributed by atoms with Crippen LogP contribution in [0.3, 0.4) is 0 Å². The fourth-order valence-corrected chi connectivity index (χ4v) is 9.68. The summed E-state index contributed by atoms with van der Waals surface area (Å²) < 4.78 is 4.56. The lowest BCUT2D eigenvalue weighted by Gasteiger charge is -2.16. The predicted octanol–water partition coefficient (Wildman–Crippen LogP) is 14.1. The highest BCUT2D eigenvalue weighted by Gasteiger charge is 2.22. The Morgan fingerprint density at radius 3 is 1.44 bits per heavy atom. The van der Waals surface area contributed by atoms with Crippen LogP contribution in [0.5, 0.6) is 0 Å². The Morgan fingerprint density at radius 1 is 0.339 bits per heavy atom. The third-order valence-electron chi connectivity index (χ3n) is 11.5. The quantitative estimate of drug-likeness (QED) is 0.160. The zero-order valence-electron chi connectivity index (χ0n) is 33.2. The topological polar surface area (TPSA) is 69.4 Å². The molecule has 0 saturated carbocycles. The maximum Gasteiger partial charge on any atom is 0.166 e. The Morgan fingerprint density at radius 2 is 0.806 bits per heavy atom. The Balaban J connectivity index is 1.13. The second-order valence-electron chi connectivity index (χ2n) is 15.3. The zero-order valence-corrected chi connectivity index (χ0v) is 34.0. The van der Waals surface area contributed by atoms with Gasteiger partial charge in [0.1, 0.15) is 0 Å². The number of aromatic nitrogens is 6. The highest BCUT2D eigenvalue weighted by atomic mass is 32.1. The van der Waals surface area contributed by atoms with Crippen LogP contribution >= 0.6 is 11.3 Å². The molecule has 290 valence electrons. The molecule has 0 amide bonds. The number of thiophene rings is 1. The molecular weight excluding hydrogens is 777 g/mol. The summed E-state index contributed by atoms with van der Waals surface area (Å²) in [4.78, 5) is 26.4. The molecule has 0 bridgehead atoms. The van der Waals surface area contributed by atoms with Crippen LogP contribution in [0, 0.1) is 0 Å². The largest absolute Gasteiger partial charge is 0.309 e. The number of hydrogen-bond acceptors (Lipinski definition) is 6. The molecule has 7 heteroatoms. The van der Waals surface area contributed by atoms with Gasteiger partial charge in [0.05, 0.1) is 32.6 Å². The van der Waals surface area contributed by atoms with E-state index in [1.807, 2.05) is 66.7 Å². The van der Waals surface area contributed by atoms with E-state index in [4.69, 9.17) is 24.9 Å². The van der Waals surface area contributed by atoms with Gasteiger partial charge in [-0.25, -0.2) is 24.9 Å². The van der Waals surface area contributed by atoms with Crippen molar-refractivity contribution in [3.05, 3.63) is 206 Å². The van der Waals surface area contributed by atoms with Gasteiger partial charge in [0.2, 0.25) is 0 Å². The first kappa shape index (κ1) is 35.8. The van der Waals surface area contributed by atoms with E-state index < -0.39 is 0 Å². The van der Waals surface area contributed by atoms with Gasteiger partial charge in [-0.15, -0.1) is 11.3 Å². The van der Waals surface area contributed by atoms with Gasteiger partial charge in [0.25, 0.3) is 0 Å². The van der Waals surface area contributed by atoms with Gasteiger partial charge in [-0.2, -0.15) is 0 Å². The summed E-state index contributed by atoms with van der Waals surface area (Å²) in [6.45, 7) is 0. The van der Waals surface area contributed by atoms with E-state index in [0.717, 1.165) is 71.4 Å². The molecule has 0 spiro atoms. The highest BCUT2D eigenvalue weighted by molar-refractivity contribution is 7.26. The van der Waals surface area contributed by atoms with Crippen LogP contribution in [0.1, 0.15) is 0 Å². The second-order valence-corrected chi connectivity index (χ2v) is 16.3. The van der Waals surface area contributed by atoms with Crippen molar-refractivity contribution in [3.63, 3.8) is 0 Å². The fraction of sp³-hybridized carbons (Fsp3) is 0. The average molecular weight is 811 g/mol. The number of para-hydroxylation sites is 2. The van der Waals surface area contributed by atoms with Crippen LogP contribution in [-0.2, 0) is 0 Å². The van der Waals surface area contributed by atoms with Crippen LogP contribution in [0.4, 0.5) is 0 Å². The number of rotatable bonds is 7. The normalized spacial score (nSPS) is 11.5. The molecule has 0 atom stereocenters. The third kappa shape index (κ3) is 6.14. The Kier molecular flexibility index (Phi) is 8.57. The van der Waals surface area contributed by atoms with Gasteiger partial charge >= 0.3 is 0 Å². The number of benzene rings is 8. The molecule has 12 rings (SSSR count). The summed E-state index contributed by atoms with van der Waals surface area (Å²) in [5.74, 6) is 2.36. The predicted molar refractivity (Wildman–Crippen MR) is 255 cm³/mol. The smallest absolute Gasteiger partial charge is 0.166 e. The van der Waals surface area contributed by atoms with Gasteiger partial charge in [0, 0.05) is 48.7 Å². The first-order valence-electron chi connectivity index (χ1n) is 20.6. The fourth-order valence-electron chi connectivity index (χ4n) is 8.53. The molecule has 6 nitrogen and oxygen atoms in total. The van der Waals surface area contributed by atoms with E-state index in [1.54, 1.807) is 11.3 Å². The van der Waals surface area contributed by atoms with Crippen LogP contribution in [0.15, 0.2) is 206 Å². The molecular formula is C55H34N6S. The molecule has 0 aliphatic carbocycles. The minimum absolute atomic E-state index is 0.551. The van der Waals surface area contributed by atoms with E-state index in [2.05, 4.69) is 144 Å². The summed E-state index contributed by atoms with van der Waals surface area (Å²) in [7, 11) is 0. The monoisotopic (exact) mass is 810 g/mol. The molecule has 12 aromatic rings. The van der Waals surface area contributed by atoms with E-state index in [0.29, 0.717) is 23.3 Å². The van der Waals surface area contributed by atoms with Crippen molar-refractivity contribution in [1.29, 1.82) is 0 Å². The summed E-state index contributed by atoms with van der Waals surface area (Å²) >= 11 is 1.73. The van der Waals surface area contributed by atoms with Crippen LogP contribution in [0.2, 0.25) is 0 Å². The van der Waals surface area contributed by atoms with Crippen molar-refractivity contribution >= 4 is 53.4 Å². The lowest BCUT2D eigenvalue weighted by molar-refractivity contribution is 1.06. The number of hydrogen-bond donors (Lipinski definition) is 0. The Labute approximate surface area is 361 Å². The molecule has 0 unspecified atom stereocenters. The third-order valence-corrected chi connectivity index (χ3v) is 12.7. The Bertz CT molecular complexity index is 3510. The van der Waals surface area contributed by atoms with E-state index >= 15 is 0 Å². The van der Waals surface area contributed by atoms with Gasteiger partial charge in [-0.1, -0.05) is 170 Å². The Hall–Kier alpha value is -8.13. The molecule has 4 aromatic heterocycles. The molecule has 8 aromatic carbocycles. The second kappa shape index (κ2) is 14.9. The molecule has 4 heterocycles. The van der Waals surface area contributed by atoms with Crippen molar-refractivity contribution in [2.75, 3.05) is 0 Å². The molecule has 0 aliphatic rings. The van der Waals surface area contributed by atoms with E-state index in [-0.39, 0.29) is 0 Å². The van der Waals surface area contributed by atoms with Crippen molar-refractivity contribution in [3.8, 4) is 73.6 Å². The summed E-state index contributed by atoms with van der Waals surface area (Å²) in [6.07, 6.45) is 0. The van der Waals surface area contributed by atoms with Crippen molar-refractivity contribution in [2.45, 2.75) is 0 Å². The maximum atomic E-state index is 5.44. The van der Waals surface area contributed by atoms with E-state index in [1.165, 1.54) is 21.0 Å². The van der Waals surface area contributed by atoms with Gasteiger partial charge in [0.15, 0.2) is 23.3 Å². The molecule has 0 radical (unpaired) electrons. The number of fused-ring (bicyclic) bond motifs is 6. The van der Waals surface area contributed by atoms with Gasteiger partial charge in [-0.05, 0) is 47.5 Å². The summed E-state index contributed by atoms with van der Waals surface area (Å²) in [5.41, 5.74) is 11.8. The summed E-state index contributed by atoms with van der Waals surface area (Å²) in [5, 5.41) is 3.45. The molecule has 0 aliphatic heterocycles. The van der Waals surface area contributed by atoms with Crippen molar-refractivity contribution in [2.24, 2.45) is 0 Å². The lowest BCUT2D eigenvalue weighted by Crippen LogP contribution is -2.04. The van der Waals surface area contributed by atoms with Crippen molar-refractivity contribution in [1.82, 2.24) is 29.5 Å². The highest BCUT2D eigenvalue weighted by Crippen LogP contribution is 2.42. The molecule has 0 fully saturated rings. The zero-order chi connectivity index (χ0) is 41.0. The van der Waals surface area contributed by atoms with Gasteiger partial charge < -0.3 is 4.57 Å². The average Bonchev–Trinajstić information content (AvgIpc) is 3.90. The minimum Gasteiger partial charge on any atom is -0.309 e. The summed E-state index contributed by atoms with van der Waals surface area (Å²) in [6, 6.07) is 71.5. The number of nitrogens with zero attached hydrogens (tertiary/aromatic N) is 6. The van der Waals surface area contributed by atoms with Gasteiger partial charge in [-0.3, -0.25) is 0 Å². The van der Waals surface area contributed by atoms with Crippen LogP contribution < -0.4 is 0 Å². The molecule has 0 saturated heterocycles. The van der Waals surface area contributed by atoms with E-state index in [9.17, 15) is 0 Å². The first-order chi connectivity index (χ1) is 30.7. The maximum absolute atomic E-state index is 5.44.